The third-order valence-corrected chi connectivity index (χ3v) is 2.36. The third kappa shape index (κ3) is 2.43. The van der Waals surface area contributed by atoms with Crippen LogP contribution in [0.2, 0.25) is 0 Å². The fourth-order valence-corrected chi connectivity index (χ4v) is 2.03. The molecule has 1 saturated heterocycles. The minimum atomic E-state index is -0.431. The Labute approximate surface area is 72.3 Å². The van der Waals surface area contributed by atoms with Gasteiger partial charge in [-0.15, -0.1) is 9.24 Å². The molecule has 0 aliphatic carbocycles. The molecule has 1 aliphatic heterocycles. The van der Waals surface area contributed by atoms with Gasteiger partial charge >= 0.3 is 0 Å². The summed E-state index contributed by atoms with van der Waals surface area (Å²) >= 11 is 0. The average molecular weight is 171 g/mol. The molecule has 0 amide bonds. The number of likely N-dealkylation sites (N-methyl/N-ethyl adjacent to an activating group) is 1. The van der Waals surface area contributed by atoms with Crippen molar-refractivity contribution in [1.82, 2.24) is 4.90 Å². The van der Waals surface area contributed by atoms with E-state index in [1.54, 1.807) is 0 Å². The highest BCUT2D eigenvalue weighted by atomic mass is 31.0. The lowest BCUT2D eigenvalue weighted by Crippen LogP contribution is -2.52. The van der Waals surface area contributed by atoms with Crippen molar-refractivity contribution in [3.8, 4) is 0 Å². The van der Waals surface area contributed by atoms with Crippen LogP contribution in [0.25, 0.3) is 0 Å². The maximum Gasteiger partial charge on any atom is 0.115 e. The zero-order valence-electron chi connectivity index (χ0n) is 7.21. The van der Waals surface area contributed by atoms with Gasteiger partial charge in [-0.2, -0.15) is 0 Å². The van der Waals surface area contributed by atoms with Crippen LogP contribution in [0.1, 0.15) is 13.3 Å². The number of rotatable bonds is 1. The van der Waals surface area contributed by atoms with Crippen LogP contribution in [-0.2, 0) is 4.74 Å². The van der Waals surface area contributed by atoms with Gasteiger partial charge < -0.3 is 9.64 Å². The number of ether oxygens (including phenoxy) is 1. The van der Waals surface area contributed by atoms with Gasteiger partial charge in [0.2, 0.25) is 0 Å². The lowest BCUT2D eigenvalue weighted by molar-refractivity contribution is -0.0678. The summed E-state index contributed by atoms with van der Waals surface area (Å²) in [6.45, 7) is 3.83. The van der Waals surface area contributed by atoms with Crippen molar-refractivity contribution in [2.75, 3.05) is 20.1 Å². The molecule has 1 heterocycles. The first kappa shape index (κ1) is 9.50. The lowest BCUT2D eigenvalue weighted by atomic mass is 9.78. The van der Waals surface area contributed by atoms with Gasteiger partial charge in [-0.1, -0.05) is 6.92 Å². The Kier molecular flexibility index (Phi) is 2.96. The molecule has 0 aromatic carbocycles. The van der Waals surface area contributed by atoms with Crippen LogP contribution in [0.15, 0.2) is 0 Å². The quantitative estimate of drug-likeness (QED) is 0.418. The summed E-state index contributed by atoms with van der Waals surface area (Å²) in [5.74, 6) is 0.179. The number of hydrogen-bond acceptors (Lipinski definition) is 2. The van der Waals surface area contributed by atoms with Crippen LogP contribution in [0, 0.1) is 0 Å². The Balaban J connectivity index is 2.55. The molecule has 11 heavy (non-hydrogen) atoms. The van der Waals surface area contributed by atoms with Gasteiger partial charge in [-0.25, -0.2) is 0 Å². The molecule has 0 N–H and O–H groups in total. The summed E-state index contributed by atoms with van der Waals surface area (Å²) in [7, 11) is 10.7. The van der Waals surface area contributed by atoms with Crippen molar-refractivity contribution in [2.45, 2.75) is 24.7 Å². The first-order valence-electron chi connectivity index (χ1n) is 3.96. The van der Waals surface area contributed by atoms with E-state index in [9.17, 15) is 0 Å². The predicted molar refractivity (Wildman–Crippen MR) is 50.9 cm³/mol. The summed E-state index contributed by atoms with van der Waals surface area (Å²) < 4.78 is 5.59. The summed E-state index contributed by atoms with van der Waals surface area (Å²) in [6, 6.07) is 0. The van der Waals surface area contributed by atoms with Crippen molar-refractivity contribution < 1.29 is 4.74 Å². The van der Waals surface area contributed by atoms with Gasteiger partial charge in [-0.3, -0.25) is 0 Å². The molecule has 1 fully saturated rings. The van der Waals surface area contributed by atoms with Gasteiger partial charge in [-0.05, 0) is 13.5 Å². The molecule has 1 unspecified atom stereocenters. The van der Waals surface area contributed by atoms with Gasteiger partial charge in [0.1, 0.15) is 7.85 Å². The summed E-state index contributed by atoms with van der Waals surface area (Å²) in [4.78, 5) is 2.20. The van der Waals surface area contributed by atoms with Crippen LogP contribution < -0.4 is 0 Å². The van der Waals surface area contributed by atoms with Crippen molar-refractivity contribution in [1.29, 1.82) is 0 Å². The molecular weight excluding hydrogens is 156 g/mol. The molecular formula is C7H15BNOP. The number of hydrogen-bond donors (Lipinski definition) is 0. The zero-order chi connectivity index (χ0) is 8.48. The van der Waals surface area contributed by atoms with E-state index >= 15 is 0 Å². The molecule has 2 radical (unpaired) electrons. The van der Waals surface area contributed by atoms with E-state index in [0.29, 0.717) is 0 Å². The largest absolute Gasteiger partial charge is 0.375 e. The first-order chi connectivity index (χ1) is 5.06. The summed E-state index contributed by atoms with van der Waals surface area (Å²) in [6.07, 6.45) is 0.863. The molecule has 0 aromatic rings. The fraction of sp³-hybridized carbons (Fsp3) is 1.00. The Morgan fingerprint density at radius 3 is 2.91 bits per heavy atom. The minimum Gasteiger partial charge on any atom is -0.375 e. The third-order valence-electron chi connectivity index (χ3n) is 2.01. The highest BCUT2D eigenvalue weighted by Crippen LogP contribution is 2.23. The van der Waals surface area contributed by atoms with E-state index in [-0.39, 0.29) is 5.85 Å². The molecule has 1 aliphatic rings. The number of nitrogens with zero attached hydrogens (tertiary/aromatic N) is 1. The van der Waals surface area contributed by atoms with E-state index < -0.39 is 5.50 Å². The first-order valence-corrected chi connectivity index (χ1v) is 4.63. The van der Waals surface area contributed by atoms with Gasteiger partial charge in [0, 0.05) is 18.6 Å². The summed E-state index contributed by atoms with van der Waals surface area (Å²) in [5.41, 5.74) is -0.431. The Morgan fingerprint density at radius 1 is 1.82 bits per heavy atom. The van der Waals surface area contributed by atoms with E-state index in [4.69, 9.17) is 12.6 Å². The smallest absolute Gasteiger partial charge is 0.115 e. The van der Waals surface area contributed by atoms with Crippen LogP contribution in [0.5, 0.6) is 0 Å². The van der Waals surface area contributed by atoms with Crippen molar-refractivity contribution in [3.05, 3.63) is 0 Å². The molecule has 3 atom stereocenters. The van der Waals surface area contributed by atoms with Gasteiger partial charge in [0.15, 0.2) is 0 Å². The van der Waals surface area contributed by atoms with E-state index in [0.717, 1.165) is 19.5 Å². The standard InChI is InChI=1S/C7H15BNOP/c1-3-7(8)5-9(2)4-6(11)10-7/h6H,3-5,11H2,1-2H3/t6-,7+/m0/s1. The fourth-order valence-electron chi connectivity index (χ4n) is 1.40. The minimum absolute atomic E-state index is 0.179. The van der Waals surface area contributed by atoms with Crippen molar-refractivity contribution in [3.63, 3.8) is 0 Å². The van der Waals surface area contributed by atoms with Crippen LogP contribution in [-0.4, -0.2) is 44.2 Å². The molecule has 0 bridgehead atoms. The van der Waals surface area contributed by atoms with E-state index in [2.05, 4.69) is 28.1 Å². The summed E-state index contributed by atoms with van der Waals surface area (Å²) in [5, 5.41) is 0. The average Bonchev–Trinajstić information content (AvgIpc) is 1.84. The molecule has 0 aromatic heterocycles. The van der Waals surface area contributed by atoms with Gasteiger partial charge in [0.25, 0.3) is 0 Å². The Morgan fingerprint density at radius 2 is 2.45 bits per heavy atom. The van der Waals surface area contributed by atoms with Crippen LogP contribution in [0.4, 0.5) is 0 Å². The molecule has 0 saturated carbocycles. The number of morpholine rings is 1. The molecule has 2 nitrogen and oxygen atoms in total. The maximum absolute atomic E-state index is 5.96. The molecule has 4 heteroatoms. The second kappa shape index (κ2) is 3.43. The normalized spacial score (nSPS) is 40.8. The topological polar surface area (TPSA) is 12.5 Å². The zero-order valence-corrected chi connectivity index (χ0v) is 8.36. The van der Waals surface area contributed by atoms with Crippen LogP contribution in [0.3, 0.4) is 0 Å². The van der Waals surface area contributed by atoms with E-state index in [1.807, 2.05) is 0 Å². The van der Waals surface area contributed by atoms with Gasteiger partial charge in [0.05, 0.1) is 5.85 Å². The molecule has 0 spiro atoms. The van der Waals surface area contributed by atoms with Crippen molar-refractivity contribution in [2.24, 2.45) is 0 Å². The lowest BCUT2D eigenvalue weighted by Gasteiger charge is -2.42. The van der Waals surface area contributed by atoms with Crippen molar-refractivity contribution >= 4 is 17.1 Å². The monoisotopic (exact) mass is 171 g/mol. The highest BCUT2D eigenvalue weighted by molar-refractivity contribution is 7.17. The predicted octanol–water partition coefficient (Wildman–Crippen LogP) is 0.424. The maximum atomic E-state index is 5.96. The highest BCUT2D eigenvalue weighted by Gasteiger charge is 2.31. The second-order valence-corrected chi connectivity index (χ2v) is 4.01. The molecule has 62 valence electrons. The van der Waals surface area contributed by atoms with E-state index in [1.165, 1.54) is 0 Å². The Bertz CT molecular complexity index is 134. The Hall–Kier alpha value is 0.415. The second-order valence-electron chi connectivity index (χ2n) is 3.27. The SMILES string of the molecule is [B][C@@]1(CC)CN(C)C[C@H](P)O1. The van der Waals surface area contributed by atoms with Crippen LogP contribution >= 0.6 is 9.24 Å². The molecule has 1 rings (SSSR count).